The quantitative estimate of drug-likeness (QED) is 0.775. The molecule has 0 bridgehead atoms. The molecular weight excluding hydrogens is 309 g/mol. The number of hydrogen-bond donors (Lipinski definition) is 2. The molecule has 6 nitrogen and oxygen atoms in total. The zero-order chi connectivity index (χ0) is 16.5. The van der Waals surface area contributed by atoms with E-state index in [9.17, 15) is 9.18 Å². The number of rotatable bonds is 3. The summed E-state index contributed by atoms with van der Waals surface area (Å²) in [6, 6.07) is 4.58. The summed E-state index contributed by atoms with van der Waals surface area (Å²) in [6.45, 7) is 1.42. The predicted molar refractivity (Wildman–Crippen MR) is 86.9 cm³/mol. The number of carbonyl (C=O) groups is 1. The highest BCUT2D eigenvalue weighted by Crippen LogP contribution is 2.28. The highest BCUT2D eigenvalue weighted by Gasteiger charge is 2.26. The van der Waals surface area contributed by atoms with Crippen molar-refractivity contribution < 1.29 is 9.18 Å². The monoisotopic (exact) mass is 327 g/mol. The Morgan fingerprint density at radius 1 is 1.33 bits per heavy atom. The average Bonchev–Trinajstić information content (AvgIpc) is 3.24. The molecular formula is C17H18FN5O. The first-order chi connectivity index (χ1) is 11.7. The molecule has 0 aliphatic carbocycles. The highest BCUT2D eigenvalue weighted by molar-refractivity contribution is 5.78. The molecule has 3 heterocycles. The molecule has 1 aliphatic rings. The Morgan fingerprint density at radius 2 is 2.17 bits per heavy atom. The van der Waals surface area contributed by atoms with Gasteiger partial charge in [-0.3, -0.25) is 4.79 Å². The van der Waals surface area contributed by atoms with E-state index >= 15 is 0 Å². The van der Waals surface area contributed by atoms with Crippen LogP contribution in [-0.2, 0) is 11.2 Å². The highest BCUT2D eigenvalue weighted by atomic mass is 19.1. The van der Waals surface area contributed by atoms with Gasteiger partial charge in [-0.05, 0) is 31.0 Å². The second kappa shape index (κ2) is 6.07. The minimum Gasteiger partial charge on any atom is -0.348 e. The van der Waals surface area contributed by atoms with Gasteiger partial charge in [0, 0.05) is 30.9 Å². The molecule has 124 valence electrons. The lowest BCUT2D eigenvalue weighted by atomic mass is 9.96. The number of aromatic nitrogens is 4. The molecule has 3 aromatic rings. The van der Waals surface area contributed by atoms with Gasteiger partial charge < -0.3 is 14.9 Å². The predicted octanol–water partition coefficient (Wildman–Crippen LogP) is 2.37. The van der Waals surface area contributed by atoms with Crippen LogP contribution in [0.1, 0.15) is 30.3 Å². The third-order valence-corrected chi connectivity index (χ3v) is 4.59. The number of likely N-dealkylation sites (tertiary alicyclic amines) is 1. The standard InChI is InChI=1S/C17H18FN5O/c18-12-1-2-14-15(7-12)22-17(21-14)11-3-5-23(6-4-11)16(24)8-13-9-19-10-20-13/h1-2,7,9-11H,3-6,8H2,(H,19,20)(H,21,22). The number of imidazole rings is 2. The van der Waals surface area contributed by atoms with E-state index in [-0.39, 0.29) is 17.6 Å². The minimum atomic E-state index is -0.267. The van der Waals surface area contributed by atoms with Gasteiger partial charge in [0.05, 0.1) is 23.8 Å². The van der Waals surface area contributed by atoms with Gasteiger partial charge >= 0.3 is 0 Å². The molecule has 0 unspecified atom stereocenters. The number of H-pyrrole nitrogens is 2. The zero-order valence-corrected chi connectivity index (χ0v) is 13.1. The van der Waals surface area contributed by atoms with Crippen LogP contribution in [0, 0.1) is 5.82 Å². The summed E-state index contributed by atoms with van der Waals surface area (Å²) in [5.41, 5.74) is 2.34. The lowest BCUT2D eigenvalue weighted by molar-refractivity contribution is -0.131. The number of nitrogens with one attached hydrogen (secondary N) is 2. The Hall–Kier alpha value is -2.70. The Morgan fingerprint density at radius 3 is 2.92 bits per heavy atom. The molecule has 1 aliphatic heterocycles. The van der Waals surface area contributed by atoms with Crippen molar-refractivity contribution in [2.24, 2.45) is 0 Å². The fraction of sp³-hybridized carbons (Fsp3) is 0.353. The van der Waals surface area contributed by atoms with Crippen molar-refractivity contribution in [1.29, 1.82) is 0 Å². The topological polar surface area (TPSA) is 77.7 Å². The molecule has 0 radical (unpaired) electrons. The first kappa shape index (κ1) is 14.9. The Labute approximate surface area is 138 Å². The molecule has 7 heteroatoms. The summed E-state index contributed by atoms with van der Waals surface area (Å²) in [5.74, 6) is 1.01. The molecule has 1 saturated heterocycles. The van der Waals surface area contributed by atoms with Gasteiger partial charge in [-0.1, -0.05) is 0 Å². The number of nitrogens with zero attached hydrogens (tertiary/aromatic N) is 3. The summed E-state index contributed by atoms with van der Waals surface area (Å²) >= 11 is 0. The second-order valence-corrected chi connectivity index (χ2v) is 6.19. The summed E-state index contributed by atoms with van der Waals surface area (Å²) in [6.07, 6.45) is 5.33. The molecule has 1 fully saturated rings. The van der Waals surface area contributed by atoms with Crippen LogP contribution in [0.5, 0.6) is 0 Å². The Balaban J connectivity index is 1.40. The summed E-state index contributed by atoms with van der Waals surface area (Å²) < 4.78 is 13.3. The molecule has 0 spiro atoms. The molecule has 1 amide bonds. The fourth-order valence-corrected chi connectivity index (χ4v) is 3.25. The SMILES string of the molecule is O=C(Cc1cnc[nH]1)N1CCC(c2nc3ccc(F)cc3[nH]2)CC1. The number of carbonyl (C=O) groups excluding carboxylic acids is 1. The van der Waals surface area contributed by atoms with Crippen molar-refractivity contribution >= 4 is 16.9 Å². The van der Waals surface area contributed by atoms with Gasteiger partial charge in [0.2, 0.25) is 5.91 Å². The van der Waals surface area contributed by atoms with Gasteiger partial charge in [-0.2, -0.15) is 0 Å². The second-order valence-electron chi connectivity index (χ2n) is 6.19. The van der Waals surface area contributed by atoms with Crippen LogP contribution in [0.2, 0.25) is 0 Å². The number of piperidine rings is 1. The Kier molecular flexibility index (Phi) is 3.76. The van der Waals surface area contributed by atoms with Crippen LogP contribution in [0.25, 0.3) is 11.0 Å². The largest absolute Gasteiger partial charge is 0.348 e. The van der Waals surface area contributed by atoms with E-state index in [4.69, 9.17) is 0 Å². The summed E-state index contributed by atoms with van der Waals surface area (Å²) in [4.78, 5) is 28.9. The maximum absolute atomic E-state index is 13.3. The number of fused-ring (bicyclic) bond motifs is 1. The van der Waals surface area contributed by atoms with Crippen molar-refractivity contribution in [3.05, 3.63) is 48.1 Å². The third kappa shape index (κ3) is 2.89. The summed E-state index contributed by atoms with van der Waals surface area (Å²) in [7, 11) is 0. The molecule has 2 N–H and O–H groups in total. The zero-order valence-electron chi connectivity index (χ0n) is 13.1. The van der Waals surface area contributed by atoms with Gasteiger partial charge in [0.25, 0.3) is 0 Å². The minimum absolute atomic E-state index is 0.115. The molecule has 24 heavy (non-hydrogen) atoms. The average molecular weight is 327 g/mol. The van der Waals surface area contributed by atoms with E-state index in [0.717, 1.165) is 35.4 Å². The van der Waals surface area contributed by atoms with Crippen LogP contribution in [0.15, 0.2) is 30.7 Å². The molecule has 0 saturated carbocycles. The number of aromatic amines is 2. The van der Waals surface area contributed by atoms with Crippen molar-refractivity contribution in [3.8, 4) is 0 Å². The van der Waals surface area contributed by atoms with Crippen LogP contribution in [-0.4, -0.2) is 43.8 Å². The Bertz CT molecular complexity index is 849. The first-order valence-corrected chi connectivity index (χ1v) is 8.09. The maximum Gasteiger partial charge on any atom is 0.228 e. The van der Waals surface area contributed by atoms with Crippen LogP contribution in [0.4, 0.5) is 4.39 Å². The van der Waals surface area contributed by atoms with Crippen molar-refractivity contribution in [3.63, 3.8) is 0 Å². The lowest BCUT2D eigenvalue weighted by Crippen LogP contribution is -2.39. The van der Waals surface area contributed by atoms with Crippen molar-refractivity contribution in [2.45, 2.75) is 25.2 Å². The number of benzene rings is 1. The number of hydrogen-bond acceptors (Lipinski definition) is 3. The number of halogens is 1. The number of amides is 1. The van der Waals surface area contributed by atoms with E-state index in [0.29, 0.717) is 19.5 Å². The normalized spacial score (nSPS) is 16.0. The molecule has 2 aromatic heterocycles. The van der Waals surface area contributed by atoms with E-state index in [1.807, 2.05) is 4.90 Å². The molecule has 4 rings (SSSR count). The fourth-order valence-electron chi connectivity index (χ4n) is 3.25. The third-order valence-electron chi connectivity index (χ3n) is 4.59. The van der Waals surface area contributed by atoms with Gasteiger partial charge in [-0.15, -0.1) is 0 Å². The van der Waals surface area contributed by atoms with Gasteiger partial charge in [0.15, 0.2) is 0 Å². The van der Waals surface area contributed by atoms with E-state index in [1.165, 1.54) is 12.1 Å². The smallest absolute Gasteiger partial charge is 0.228 e. The molecule has 0 atom stereocenters. The van der Waals surface area contributed by atoms with Crippen molar-refractivity contribution in [2.75, 3.05) is 13.1 Å². The van der Waals surface area contributed by atoms with Gasteiger partial charge in [-0.25, -0.2) is 14.4 Å². The van der Waals surface area contributed by atoms with E-state index in [1.54, 1.807) is 18.6 Å². The van der Waals surface area contributed by atoms with Crippen molar-refractivity contribution in [1.82, 2.24) is 24.8 Å². The maximum atomic E-state index is 13.3. The summed E-state index contributed by atoms with van der Waals surface area (Å²) in [5, 5.41) is 0. The van der Waals surface area contributed by atoms with E-state index < -0.39 is 0 Å². The van der Waals surface area contributed by atoms with Crippen LogP contribution >= 0.6 is 0 Å². The lowest BCUT2D eigenvalue weighted by Gasteiger charge is -2.31. The van der Waals surface area contributed by atoms with Crippen LogP contribution < -0.4 is 0 Å². The van der Waals surface area contributed by atoms with Crippen LogP contribution in [0.3, 0.4) is 0 Å². The van der Waals surface area contributed by atoms with E-state index in [2.05, 4.69) is 19.9 Å². The van der Waals surface area contributed by atoms with Gasteiger partial charge in [0.1, 0.15) is 11.6 Å². The first-order valence-electron chi connectivity index (χ1n) is 8.09. The molecule has 1 aromatic carbocycles.